The van der Waals surface area contributed by atoms with Gasteiger partial charge in [0.15, 0.2) is 4.96 Å². The van der Waals surface area contributed by atoms with Crippen molar-refractivity contribution >= 4 is 56.8 Å². The molecule has 18 heavy (non-hydrogen) atoms. The fraction of sp³-hybridized carbons (Fsp3) is 0. The van der Waals surface area contributed by atoms with Gasteiger partial charge in [-0.05, 0) is 6.07 Å². The molecule has 3 rings (SSSR count). The molecule has 3 aromatic heterocycles. The lowest BCUT2D eigenvalue weighted by molar-refractivity contribution is 0.0702. The molecule has 8 heteroatoms. The molecular weight excluding hydrogens is 315 g/mol. The zero-order chi connectivity index (χ0) is 12.9. The topological polar surface area (TPSA) is 54.6 Å². The second kappa shape index (κ2) is 4.24. The standard InChI is InChI=1S/C10H4Cl2N2O2S2/c11-7-1-4(8(12)18-7)5-2-14-3-6(9(15)16)17-10(14)13-5/h1-3H,(H,15,16). The molecule has 3 heterocycles. The van der Waals surface area contributed by atoms with Crippen molar-refractivity contribution in [3.05, 3.63) is 32.0 Å². The van der Waals surface area contributed by atoms with Crippen LogP contribution in [-0.4, -0.2) is 20.5 Å². The monoisotopic (exact) mass is 318 g/mol. The summed E-state index contributed by atoms with van der Waals surface area (Å²) in [7, 11) is 0. The minimum atomic E-state index is -0.955. The molecule has 0 atom stereocenters. The van der Waals surface area contributed by atoms with Crippen LogP contribution in [0.15, 0.2) is 18.5 Å². The Hall–Kier alpha value is -1.08. The molecule has 0 unspecified atom stereocenters. The van der Waals surface area contributed by atoms with Crippen LogP contribution in [0.5, 0.6) is 0 Å². The third-order valence-electron chi connectivity index (χ3n) is 2.30. The van der Waals surface area contributed by atoms with Crippen molar-refractivity contribution in [2.45, 2.75) is 0 Å². The summed E-state index contributed by atoms with van der Waals surface area (Å²) in [4.78, 5) is 16.0. The Kier molecular flexibility index (Phi) is 2.82. The number of aromatic carboxylic acids is 1. The Balaban J connectivity index is 2.12. The molecule has 0 fully saturated rings. The van der Waals surface area contributed by atoms with Crippen molar-refractivity contribution in [1.29, 1.82) is 0 Å². The van der Waals surface area contributed by atoms with Gasteiger partial charge in [-0.15, -0.1) is 11.3 Å². The second-order valence-electron chi connectivity index (χ2n) is 3.45. The highest BCUT2D eigenvalue weighted by molar-refractivity contribution is 7.20. The average Bonchev–Trinajstić information content (AvgIpc) is 2.89. The van der Waals surface area contributed by atoms with Crippen molar-refractivity contribution < 1.29 is 9.90 Å². The maximum Gasteiger partial charge on any atom is 0.347 e. The SMILES string of the molecule is O=C(O)c1cn2cc(-c3cc(Cl)sc3Cl)nc2s1. The predicted molar refractivity (Wildman–Crippen MR) is 73.4 cm³/mol. The number of fused-ring (bicyclic) bond motifs is 1. The summed E-state index contributed by atoms with van der Waals surface area (Å²) in [5.41, 5.74) is 1.45. The van der Waals surface area contributed by atoms with Gasteiger partial charge in [-0.1, -0.05) is 34.5 Å². The third-order valence-corrected chi connectivity index (χ3v) is 4.77. The van der Waals surface area contributed by atoms with Crippen LogP contribution >= 0.6 is 45.9 Å². The number of rotatable bonds is 2. The summed E-state index contributed by atoms with van der Waals surface area (Å²) in [5.74, 6) is -0.955. The lowest BCUT2D eigenvalue weighted by atomic mass is 10.3. The number of nitrogens with zero attached hydrogens (tertiary/aromatic N) is 2. The van der Waals surface area contributed by atoms with Gasteiger partial charge in [0.2, 0.25) is 0 Å². The van der Waals surface area contributed by atoms with E-state index in [1.54, 1.807) is 16.7 Å². The van der Waals surface area contributed by atoms with E-state index in [0.717, 1.165) is 16.9 Å². The largest absolute Gasteiger partial charge is 0.477 e. The summed E-state index contributed by atoms with van der Waals surface area (Å²) in [6.45, 7) is 0. The van der Waals surface area contributed by atoms with E-state index in [0.29, 0.717) is 19.3 Å². The van der Waals surface area contributed by atoms with Gasteiger partial charge in [0.25, 0.3) is 0 Å². The Morgan fingerprint density at radius 1 is 1.33 bits per heavy atom. The van der Waals surface area contributed by atoms with Gasteiger partial charge in [-0.25, -0.2) is 9.78 Å². The minimum absolute atomic E-state index is 0.249. The van der Waals surface area contributed by atoms with Gasteiger partial charge in [-0.2, -0.15) is 0 Å². The van der Waals surface area contributed by atoms with Crippen LogP contribution in [0, 0.1) is 0 Å². The molecule has 0 radical (unpaired) electrons. The highest BCUT2D eigenvalue weighted by Crippen LogP contribution is 2.38. The first kappa shape index (κ1) is 12.0. The Labute approximate surface area is 119 Å². The first-order chi connectivity index (χ1) is 8.54. The van der Waals surface area contributed by atoms with E-state index < -0.39 is 5.97 Å². The quantitative estimate of drug-likeness (QED) is 0.773. The van der Waals surface area contributed by atoms with E-state index in [2.05, 4.69) is 4.98 Å². The molecule has 0 amide bonds. The highest BCUT2D eigenvalue weighted by Gasteiger charge is 2.15. The number of carboxylic acids is 1. The fourth-order valence-electron chi connectivity index (χ4n) is 1.54. The molecule has 0 bridgehead atoms. The van der Waals surface area contributed by atoms with E-state index in [1.807, 2.05) is 0 Å². The number of halogens is 2. The zero-order valence-electron chi connectivity index (χ0n) is 8.55. The van der Waals surface area contributed by atoms with Gasteiger partial charge >= 0.3 is 5.97 Å². The first-order valence-electron chi connectivity index (χ1n) is 4.71. The summed E-state index contributed by atoms with van der Waals surface area (Å²) < 4.78 is 2.84. The van der Waals surface area contributed by atoms with Crippen LogP contribution < -0.4 is 0 Å². The molecule has 0 aliphatic carbocycles. The number of hydrogen-bond donors (Lipinski definition) is 1. The summed E-state index contributed by atoms with van der Waals surface area (Å²) in [6.07, 6.45) is 3.27. The number of aromatic nitrogens is 2. The van der Waals surface area contributed by atoms with Crippen molar-refractivity contribution in [3.8, 4) is 11.3 Å². The van der Waals surface area contributed by atoms with Gasteiger partial charge in [-0.3, -0.25) is 4.40 Å². The molecule has 4 nitrogen and oxygen atoms in total. The summed E-state index contributed by atoms with van der Waals surface area (Å²) in [6, 6.07) is 1.75. The van der Waals surface area contributed by atoms with Gasteiger partial charge < -0.3 is 5.11 Å². The van der Waals surface area contributed by atoms with Crippen molar-refractivity contribution in [1.82, 2.24) is 9.38 Å². The average molecular weight is 319 g/mol. The van der Waals surface area contributed by atoms with E-state index in [4.69, 9.17) is 28.3 Å². The lowest BCUT2D eigenvalue weighted by Gasteiger charge is -1.90. The van der Waals surface area contributed by atoms with E-state index in [9.17, 15) is 4.79 Å². The van der Waals surface area contributed by atoms with Crippen LogP contribution in [0.2, 0.25) is 8.67 Å². The highest BCUT2D eigenvalue weighted by atomic mass is 35.5. The normalized spacial score (nSPS) is 11.2. The molecular formula is C10H4Cl2N2O2S2. The fourth-order valence-corrected chi connectivity index (χ4v) is 3.83. The smallest absolute Gasteiger partial charge is 0.347 e. The predicted octanol–water partition coefficient (Wildman–Crippen LogP) is 4.13. The maximum absolute atomic E-state index is 10.8. The molecule has 1 N–H and O–H groups in total. The van der Waals surface area contributed by atoms with Crippen molar-refractivity contribution in [2.24, 2.45) is 0 Å². The maximum atomic E-state index is 10.8. The van der Waals surface area contributed by atoms with Gasteiger partial charge in [0.1, 0.15) is 9.21 Å². The Morgan fingerprint density at radius 2 is 2.11 bits per heavy atom. The summed E-state index contributed by atoms with van der Waals surface area (Å²) in [5, 5.41) is 8.87. The number of thiazole rings is 1. The molecule has 0 aromatic carbocycles. The number of thiophene rings is 1. The number of carbonyl (C=O) groups is 1. The van der Waals surface area contributed by atoms with Crippen molar-refractivity contribution in [3.63, 3.8) is 0 Å². The van der Waals surface area contributed by atoms with Gasteiger partial charge in [0.05, 0.1) is 10.0 Å². The molecule has 0 saturated carbocycles. The number of imidazole rings is 1. The van der Waals surface area contributed by atoms with E-state index in [-0.39, 0.29) is 4.88 Å². The van der Waals surface area contributed by atoms with Crippen LogP contribution in [0.1, 0.15) is 9.67 Å². The second-order valence-corrected chi connectivity index (χ2v) is 6.75. The van der Waals surface area contributed by atoms with E-state index >= 15 is 0 Å². The molecule has 0 aliphatic rings. The minimum Gasteiger partial charge on any atom is -0.477 e. The van der Waals surface area contributed by atoms with Crippen LogP contribution in [0.4, 0.5) is 0 Å². The molecule has 0 saturated heterocycles. The Morgan fingerprint density at radius 3 is 2.67 bits per heavy atom. The molecule has 3 aromatic rings. The first-order valence-corrected chi connectivity index (χ1v) is 7.10. The van der Waals surface area contributed by atoms with Gasteiger partial charge in [0, 0.05) is 18.0 Å². The lowest BCUT2D eigenvalue weighted by Crippen LogP contribution is -1.90. The summed E-state index contributed by atoms with van der Waals surface area (Å²) >= 11 is 14.3. The van der Waals surface area contributed by atoms with Crippen LogP contribution in [0.25, 0.3) is 16.2 Å². The number of carboxylic acid groups (broad SMARTS) is 1. The van der Waals surface area contributed by atoms with Crippen molar-refractivity contribution in [2.75, 3.05) is 0 Å². The third kappa shape index (κ3) is 1.91. The Bertz CT molecular complexity index is 728. The molecule has 92 valence electrons. The molecule has 0 aliphatic heterocycles. The van der Waals surface area contributed by atoms with Crippen LogP contribution in [-0.2, 0) is 0 Å². The zero-order valence-corrected chi connectivity index (χ0v) is 11.7. The molecule has 0 spiro atoms. The van der Waals surface area contributed by atoms with E-state index in [1.165, 1.54) is 17.5 Å². The number of hydrogen-bond acceptors (Lipinski definition) is 4. The van der Waals surface area contributed by atoms with Crippen LogP contribution in [0.3, 0.4) is 0 Å².